The van der Waals surface area contributed by atoms with Crippen LogP contribution in [-0.2, 0) is 9.47 Å². The van der Waals surface area contributed by atoms with Gasteiger partial charge in [0.1, 0.15) is 0 Å². The van der Waals surface area contributed by atoms with E-state index in [-0.39, 0.29) is 0 Å². The zero-order valence-corrected chi connectivity index (χ0v) is 8.21. The van der Waals surface area contributed by atoms with Crippen LogP contribution in [0.1, 0.15) is 39.5 Å². The first-order valence-electron chi connectivity index (χ1n) is 5.02. The minimum absolute atomic E-state index is 0.411. The van der Waals surface area contributed by atoms with Crippen molar-refractivity contribution in [2.45, 2.75) is 51.7 Å². The molecule has 0 aromatic heterocycles. The third kappa shape index (κ3) is 4.07. The summed E-state index contributed by atoms with van der Waals surface area (Å²) in [5, 5.41) is 0. The molecule has 0 aromatic rings. The normalized spacial score (nSPS) is 34.5. The summed E-state index contributed by atoms with van der Waals surface area (Å²) in [6.45, 7) is 6.10. The van der Waals surface area contributed by atoms with E-state index in [0.29, 0.717) is 12.2 Å². The molecule has 12 heavy (non-hydrogen) atoms. The van der Waals surface area contributed by atoms with Gasteiger partial charge in [0.05, 0.1) is 12.2 Å². The summed E-state index contributed by atoms with van der Waals surface area (Å²) in [6, 6.07) is 0. The van der Waals surface area contributed by atoms with E-state index in [1.54, 1.807) is 0 Å². The fraction of sp³-hybridized carbons (Fsp3) is 1.00. The third-order valence-electron chi connectivity index (χ3n) is 2.32. The maximum atomic E-state index is 5.61. The van der Waals surface area contributed by atoms with Gasteiger partial charge in [-0.25, -0.2) is 0 Å². The SMILES string of the molecule is CC1CCC(C)OCCCCO1. The number of rotatable bonds is 0. The molecular weight excluding hydrogens is 152 g/mol. The monoisotopic (exact) mass is 172 g/mol. The summed E-state index contributed by atoms with van der Waals surface area (Å²) in [5.41, 5.74) is 0. The Morgan fingerprint density at radius 1 is 0.833 bits per heavy atom. The van der Waals surface area contributed by atoms with Crippen LogP contribution in [-0.4, -0.2) is 25.4 Å². The molecule has 0 amide bonds. The first kappa shape index (κ1) is 10.0. The van der Waals surface area contributed by atoms with Crippen LogP contribution < -0.4 is 0 Å². The van der Waals surface area contributed by atoms with Gasteiger partial charge in [0, 0.05) is 13.2 Å². The Morgan fingerprint density at radius 3 is 1.67 bits per heavy atom. The lowest BCUT2D eigenvalue weighted by molar-refractivity contribution is 0.00387. The summed E-state index contributed by atoms with van der Waals surface area (Å²) >= 11 is 0. The summed E-state index contributed by atoms with van der Waals surface area (Å²) < 4.78 is 11.2. The molecular formula is C10H20O2. The van der Waals surface area contributed by atoms with Gasteiger partial charge in [-0.2, -0.15) is 0 Å². The highest BCUT2D eigenvalue weighted by atomic mass is 16.5. The average Bonchev–Trinajstić information content (AvgIpc) is 2.07. The fourth-order valence-corrected chi connectivity index (χ4v) is 1.41. The first-order chi connectivity index (χ1) is 5.79. The molecule has 0 spiro atoms. The van der Waals surface area contributed by atoms with E-state index < -0.39 is 0 Å². The lowest BCUT2D eigenvalue weighted by Gasteiger charge is -2.19. The van der Waals surface area contributed by atoms with Gasteiger partial charge in [-0.15, -0.1) is 0 Å². The molecule has 0 radical (unpaired) electrons. The molecule has 2 atom stereocenters. The van der Waals surface area contributed by atoms with E-state index >= 15 is 0 Å². The van der Waals surface area contributed by atoms with Gasteiger partial charge in [-0.3, -0.25) is 0 Å². The van der Waals surface area contributed by atoms with Crippen LogP contribution in [0.3, 0.4) is 0 Å². The Balaban J connectivity index is 2.23. The average molecular weight is 172 g/mol. The van der Waals surface area contributed by atoms with Crippen molar-refractivity contribution in [3.05, 3.63) is 0 Å². The lowest BCUT2D eigenvalue weighted by atomic mass is 10.1. The van der Waals surface area contributed by atoms with Gasteiger partial charge in [0.15, 0.2) is 0 Å². The first-order valence-corrected chi connectivity index (χ1v) is 5.02. The van der Waals surface area contributed by atoms with Gasteiger partial charge < -0.3 is 9.47 Å². The highest BCUT2D eigenvalue weighted by Crippen LogP contribution is 2.10. The fourth-order valence-electron chi connectivity index (χ4n) is 1.41. The summed E-state index contributed by atoms with van der Waals surface area (Å²) in [7, 11) is 0. The molecule has 1 saturated heterocycles. The molecule has 2 nitrogen and oxygen atoms in total. The van der Waals surface area contributed by atoms with Crippen LogP contribution in [0.15, 0.2) is 0 Å². The van der Waals surface area contributed by atoms with Crippen LogP contribution in [0.2, 0.25) is 0 Å². The molecule has 0 bridgehead atoms. The minimum Gasteiger partial charge on any atom is -0.379 e. The van der Waals surface area contributed by atoms with Crippen molar-refractivity contribution in [1.82, 2.24) is 0 Å². The molecule has 2 unspecified atom stereocenters. The van der Waals surface area contributed by atoms with Gasteiger partial charge in [0.2, 0.25) is 0 Å². The van der Waals surface area contributed by atoms with Crippen molar-refractivity contribution in [3.63, 3.8) is 0 Å². The van der Waals surface area contributed by atoms with E-state index in [2.05, 4.69) is 13.8 Å². The third-order valence-corrected chi connectivity index (χ3v) is 2.32. The minimum atomic E-state index is 0.411. The van der Waals surface area contributed by atoms with Crippen molar-refractivity contribution >= 4 is 0 Å². The van der Waals surface area contributed by atoms with Crippen LogP contribution >= 0.6 is 0 Å². The van der Waals surface area contributed by atoms with Crippen molar-refractivity contribution in [2.75, 3.05) is 13.2 Å². The summed E-state index contributed by atoms with van der Waals surface area (Å²) in [4.78, 5) is 0. The van der Waals surface area contributed by atoms with Crippen LogP contribution in [0.25, 0.3) is 0 Å². The highest BCUT2D eigenvalue weighted by Gasteiger charge is 2.08. The highest BCUT2D eigenvalue weighted by molar-refractivity contribution is 4.58. The Labute approximate surface area is 75.2 Å². The molecule has 0 aromatic carbocycles. The predicted octanol–water partition coefficient (Wildman–Crippen LogP) is 2.37. The molecule has 0 saturated carbocycles. The standard InChI is InChI=1S/C10H20O2/c1-9-5-6-10(2)12-8-4-3-7-11-9/h9-10H,3-8H2,1-2H3. The van der Waals surface area contributed by atoms with Gasteiger partial charge in [-0.1, -0.05) is 0 Å². The summed E-state index contributed by atoms with van der Waals surface area (Å²) in [6.07, 6.45) is 5.35. The molecule has 1 fully saturated rings. The molecule has 0 aliphatic carbocycles. The molecule has 2 heteroatoms. The second-order valence-electron chi connectivity index (χ2n) is 3.65. The van der Waals surface area contributed by atoms with Crippen molar-refractivity contribution in [2.24, 2.45) is 0 Å². The quantitative estimate of drug-likeness (QED) is 0.558. The lowest BCUT2D eigenvalue weighted by Crippen LogP contribution is -2.17. The van der Waals surface area contributed by atoms with Crippen molar-refractivity contribution in [1.29, 1.82) is 0 Å². The molecule has 72 valence electrons. The van der Waals surface area contributed by atoms with E-state index in [1.807, 2.05) is 0 Å². The molecule has 1 heterocycles. The molecule has 1 rings (SSSR count). The van der Waals surface area contributed by atoms with Crippen molar-refractivity contribution < 1.29 is 9.47 Å². The molecule has 1 aliphatic rings. The smallest absolute Gasteiger partial charge is 0.0547 e. The number of hydrogen-bond acceptors (Lipinski definition) is 2. The number of hydrogen-bond donors (Lipinski definition) is 0. The largest absolute Gasteiger partial charge is 0.379 e. The van der Waals surface area contributed by atoms with E-state index in [0.717, 1.165) is 38.9 Å². The van der Waals surface area contributed by atoms with E-state index in [4.69, 9.17) is 9.47 Å². The summed E-state index contributed by atoms with van der Waals surface area (Å²) in [5.74, 6) is 0. The number of ether oxygens (including phenoxy) is 2. The zero-order valence-electron chi connectivity index (χ0n) is 8.21. The molecule has 0 N–H and O–H groups in total. The van der Waals surface area contributed by atoms with Crippen molar-refractivity contribution in [3.8, 4) is 0 Å². The predicted molar refractivity (Wildman–Crippen MR) is 49.3 cm³/mol. The van der Waals surface area contributed by atoms with E-state index in [9.17, 15) is 0 Å². The van der Waals surface area contributed by atoms with Crippen LogP contribution in [0.5, 0.6) is 0 Å². The Kier molecular flexibility index (Phi) is 4.62. The van der Waals surface area contributed by atoms with Crippen LogP contribution in [0.4, 0.5) is 0 Å². The van der Waals surface area contributed by atoms with Gasteiger partial charge in [0.25, 0.3) is 0 Å². The topological polar surface area (TPSA) is 18.5 Å². The molecule has 1 aliphatic heterocycles. The van der Waals surface area contributed by atoms with Gasteiger partial charge >= 0.3 is 0 Å². The Bertz CT molecular complexity index is 100. The van der Waals surface area contributed by atoms with Crippen LogP contribution in [0, 0.1) is 0 Å². The Morgan fingerprint density at radius 2 is 1.25 bits per heavy atom. The maximum Gasteiger partial charge on any atom is 0.0547 e. The van der Waals surface area contributed by atoms with Gasteiger partial charge in [-0.05, 0) is 39.5 Å². The Hall–Kier alpha value is -0.0800. The maximum absolute atomic E-state index is 5.61. The van der Waals surface area contributed by atoms with E-state index in [1.165, 1.54) is 0 Å². The zero-order chi connectivity index (χ0) is 8.81. The second-order valence-corrected chi connectivity index (χ2v) is 3.65. The second kappa shape index (κ2) is 5.55.